The highest BCUT2D eigenvalue weighted by Gasteiger charge is 2.19. The third-order valence-electron chi connectivity index (χ3n) is 4.11. The van der Waals surface area contributed by atoms with Crippen molar-refractivity contribution >= 4 is 11.3 Å². The van der Waals surface area contributed by atoms with Crippen LogP contribution in [-0.4, -0.2) is 29.2 Å². The van der Waals surface area contributed by atoms with Crippen LogP contribution in [0, 0.1) is 5.82 Å². The van der Waals surface area contributed by atoms with E-state index in [1.165, 1.54) is 22.3 Å². The molecule has 0 fully saturated rings. The third kappa shape index (κ3) is 3.83. The van der Waals surface area contributed by atoms with E-state index in [0.29, 0.717) is 12.0 Å². The Kier molecular flexibility index (Phi) is 5.03. The fraction of sp³-hybridized carbons (Fsp3) is 0.333. The molecule has 22 heavy (non-hydrogen) atoms. The second-order valence-corrected chi connectivity index (χ2v) is 6.46. The summed E-state index contributed by atoms with van der Waals surface area (Å²) in [6.07, 6.45) is 2.75. The Labute approximate surface area is 134 Å². The van der Waals surface area contributed by atoms with Crippen LogP contribution in [0.2, 0.25) is 0 Å². The van der Waals surface area contributed by atoms with Gasteiger partial charge in [0.05, 0.1) is 6.10 Å². The molecule has 0 saturated carbocycles. The van der Waals surface area contributed by atoms with E-state index in [4.69, 9.17) is 0 Å². The van der Waals surface area contributed by atoms with E-state index in [0.717, 1.165) is 31.6 Å². The SMILES string of the molecule is OC(Cc1cscc1F)C1=CCN(Cc2ccccc2)CC1. The molecule has 1 aromatic carbocycles. The Morgan fingerprint density at radius 1 is 1.23 bits per heavy atom. The highest BCUT2D eigenvalue weighted by atomic mass is 32.1. The van der Waals surface area contributed by atoms with Crippen molar-refractivity contribution in [3.05, 3.63) is 69.7 Å². The van der Waals surface area contributed by atoms with Crippen molar-refractivity contribution in [2.45, 2.75) is 25.5 Å². The van der Waals surface area contributed by atoms with Crippen molar-refractivity contribution in [3.63, 3.8) is 0 Å². The van der Waals surface area contributed by atoms with Gasteiger partial charge in [0.2, 0.25) is 0 Å². The Morgan fingerprint density at radius 2 is 2.05 bits per heavy atom. The van der Waals surface area contributed by atoms with E-state index in [1.807, 2.05) is 6.07 Å². The number of hydrogen-bond donors (Lipinski definition) is 1. The van der Waals surface area contributed by atoms with Crippen molar-refractivity contribution < 1.29 is 9.50 Å². The molecule has 0 radical (unpaired) electrons. The fourth-order valence-corrected chi connectivity index (χ4v) is 3.52. The number of halogens is 1. The van der Waals surface area contributed by atoms with E-state index in [1.54, 1.807) is 5.38 Å². The van der Waals surface area contributed by atoms with Gasteiger partial charge in [-0.2, -0.15) is 0 Å². The molecule has 0 amide bonds. The summed E-state index contributed by atoms with van der Waals surface area (Å²) < 4.78 is 13.5. The van der Waals surface area contributed by atoms with Crippen molar-refractivity contribution in [2.24, 2.45) is 0 Å². The zero-order valence-corrected chi connectivity index (χ0v) is 13.2. The van der Waals surface area contributed by atoms with E-state index in [9.17, 15) is 9.50 Å². The van der Waals surface area contributed by atoms with Crippen LogP contribution >= 0.6 is 11.3 Å². The van der Waals surface area contributed by atoms with Gasteiger partial charge in [-0.3, -0.25) is 4.90 Å². The average Bonchev–Trinajstić information content (AvgIpc) is 2.94. The molecule has 2 aromatic rings. The second-order valence-electron chi connectivity index (χ2n) is 5.71. The number of benzene rings is 1. The van der Waals surface area contributed by atoms with Gasteiger partial charge in [-0.25, -0.2) is 4.39 Å². The van der Waals surface area contributed by atoms with Crippen LogP contribution in [-0.2, 0) is 13.0 Å². The lowest BCUT2D eigenvalue weighted by molar-refractivity contribution is 0.191. The summed E-state index contributed by atoms with van der Waals surface area (Å²) >= 11 is 1.34. The maximum atomic E-state index is 13.5. The maximum absolute atomic E-state index is 13.5. The molecule has 0 bridgehead atoms. The van der Waals surface area contributed by atoms with Crippen molar-refractivity contribution in [3.8, 4) is 0 Å². The summed E-state index contributed by atoms with van der Waals surface area (Å²) in [4.78, 5) is 2.36. The van der Waals surface area contributed by atoms with Gasteiger partial charge in [0.25, 0.3) is 0 Å². The summed E-state index contributed by atoms with van der Waals surface area (Å²) in [5.41, 5.74) is 2.96. The zero-order valence-electron chi connectivity index (χ0n) is 12.4. The van der Waals surface area contributed by atoms with Gasteiger partial charge in [-0.15, -0.1) is 11.3 Å². The smallest absolute Gasteiger partial charge is 0.137 e. The van der Waals surface area contributed by atoms with Crippen molar-refractivity contribution in [1.82, 2.24) is 4.90 Å². The minimum atomic E-state index is -0.567. The molecular weight excluding hydrogens is 297 g/mol. The summed E-state index contributed by atoms with van der Waals surface area (Å²) in [7, 11) is 0. The first-order valence-electron chi connectivity index (χ1n) is 7.56. The van der Waals surface area contributed by atoms with Crippen LogP contribution in [0.3, 0.4) is 0 Å². The molecule has 1 N–H and O–H groups in total. The fourth-order valence-electron chi connectivity index (χ4n) is 2.81. The van der Waals surface area contributed by atoms with Crippen LogP contribution in [0.15, 0.2) is 52.7 Å². The average molecular weight is 317 g/mol. The summed E-state index contributed by atoms with van der Waals surface area (Å²) in [5.74, 6) is -0.203. The van der Waals surface area contributed by atoms with Crippen LogP contribution in [0.25, 0.3) is 0 Å². The summed E-state index contributed by atoms with van der Waals surface area (Å²) in [6, 6.07) is 10.4. The third-order valence-corrected chi connectivity index (χ3v) is 4.87. The number of nitrogens with zero attached hydrogens (tertiary/aromatic N) is 1. The molecule has 1 aliphatic rings. The number of aliphatic hydroxyl groups excluding tert-OH is 1. The van der Waals surface area contributed by atoms with Crippen LogP contribution in [0.5, 0.6) is 0 Å². The van der Waals surface area contributed by atoms with E-state index in [2.05, 4.69) is 35.2 Å². The number of hydrogen-bond acceptors (Lipinski definition) is 3. The van der Waals surface area contributed by atoms with E-state index in [-0.39, 0.29) is 5.82 Å². The normalized spacial score (nSPS) is 17.3. The predicted molar refractivity (Wildman–Crippen MR) is 88.4 cm³/mol. The quantitative estimate of drug-likeness (QED) is 0.851. The molecule has 4 heteroatoms. The van der Waals surface area contributed by atoms with Gasteiger partial charge < -0.3 is 5.11 Å². The van der Waals surface area contributed by atoms with Gasteiger partial charge in [0.15, 0.2) is 0 Å². The first kappa shape index (κ1) is 15.4. The Hall–Kier alpha value is -1.49. The molecule has 116 valence electrons. The first-order valence-corrected chi connectivity index (χ1v) is 8.50. The lowest BCUT2D eigenvalue weighted by Crippen LogP contribution is -2.31. The minimum Gasteiger partial charge on any atom is -0.388 e. The van der Waals surface area contributed by atoms with Crippen LogP contribution in [0.1, 0.15) is 17.5 Å². The number of rotatable bonds is 5. The summed E-state index contributed by atoms with van der Waals surface area (Å²) in [5, 5.41) is 13.6. The molecule has 3 rings (SSSR count). The Bertz CT molecular complexity index is 638. The van der Waals surface area contributed by atoms with Gasteiger partial charge in [0.1, 0.15) is 5.82 Å². The lowest BCUT2D eigenvalue weighted by Gasteiger charge is -2.28. The van der Waals surface area contributed by atoms with Crippen LogP contribution < -0.4 is 0 Å². The van der Waals surface area contributed by atoms with Crippen molar-refractivity contribution in [1.29, 1.82) is 0 Å². The first-order chi connectivity index (χ1) is 10.7. The van der Waals surface area contributed by atoms with Crippen molar-refractivity contribution in [2.75, 3.05) is 13.1 Å². The van der Waals surface area contributed by atoms with Gasteiger partial charge in [-0.1, -0.05) is 36.4 Å². The molecular formula is C18H20FNOS. The molecule has 2 heterocycles. The van der Waals surface area contributed by atoms with Gasteiger partial charge >= 0.3 is 0 Å². The topological polar surface area (TPSA) is 23.5 Å². The highest BCUT2D eigenvalue weighted by molar-refractivity contribution is 7.08. The molecule has 1 unspecified atom stereocenters. The predicted octanol–water partition coefficient (Wildman–Crippen LogP) is 3.62. The Balaban J connectivity index is 1.55. The van der Waals surface area contributed by atoms with Gasteiger partial charge in [-0.05, 0) is 22.9 Å². The molecule has 0 saturated heterocycles. The molecule has 0 spiro atoms. The largest absolute Gasteiger partial charge is 0.388 e. The van der Waals surface area contributed by atoms with Crippen LogP contribution in [0.4, 0.5) is 4.39 Å². The molecule has 2 nitrogen and oxygen atoms in total. The number of aliphatic hydroxyl groups is 1. The van der Waals surface area contributed by atoms with E-state index >= 15 is 0 Å². The monoisotopic (exact) mass is 317 g/mol. The maximum Gasteiger partial charge on any atom is 0.137 e. The standard InChI is InChI=1S/C18H20FNOS/c19-17-13-22-12-16(17)10-18(21)15-6-8-20(9-7-15)11-14-4-2-1-3-5-14/h1-6,12-13,18,21H,7-11H2. The molecule has 1 atom stereocenters. The lowest BCUT2D eigenvalue weighted by atomic mass is 9.97. The Morgan fingerprint density at radius 3 is 2.68 bits per heavy atom. The van der Waals surface area contributed by atoms with Gasteiger partial charge in [0, 0.05) is 37.0 Å². The second kappa shape index (κ2) is 7.18. The number of thiophene rings is 1. The molecule has 0 aliphatic carbocycles. The summed E-state index contributed by atoms with van der Waals surface area (Å²) in [6.45, 7) is 2.71. The molecule has 1 aromatic heterocycles. The highest BCUT2D eigenvalue weighted by Crippen LogP contribution is 2.21. The van der Waals surface area contributed by atoms with E-state index < -0.39 is 6.10 Å². The molecule has 1 aliphatic heterocycles. The zero-order chi connectivity index (χ0) is 15.4. The minimum absolute atomic E-state index is 0.203.